The first-order valence-electron chi connectivity index (χ1n) is 5.10. The summed E-state index contributed by atoms with van der Waals surface area (Å²) >= 11 is 0. The van der Waals surface area contributed by atoms with E-state index in [1.54, 1.807) is 0 Å². The van der Waals surface area contributed by atoms with E-state index in [0.29, 0.717) is 13.2 Å². The predicted octanol–water partition coefficient (Wildman–Crippen LogP) is 3.33. The van der Waals surface area contributed by atoms with Gasteiger partial charge in [0.1, 0.15) is 5.75 Å². The van der Waals surface area contributed by atoms with Crippen molar-refractivity contribution in [2.75, 3.05) is 13.2 Å². The Kier molecular flexibility index (Phi) is 5.12. The number of benzene rings is 1. The Labute approximate surface area is 89.5 Å². The number of ether oxygens (including phenoxy) is 1. The van der Waals surface area contributed by atoms with Crippen LogP contribution in [0.3, 0.4) is 0 Å². The van der Waals surface area contributed by atoms with E-state index in [9.17, 15) is 0 Å². The van der Waals surface area contributed by atoms with Crippen LogP contribution in [0.2, 0.25) is 0 Å². The third kappa shape index (κ3) is 3.92. The lowest BCUT2D eigenvalue weighted by atomic mass is 10.1. The van der Waals surface area contributed by atoms with Crippen molar-refractivity contribution in [2.45, 2.75) is 19.8 Å². The van der Waals surface area contributed by atoms with Crippen molar-refractivity contribution in [3.63, 3.8) is 0 Å². The van der Waals surface area contributed by atoms with E-state index in [1.807, 2.05) is 18.2 Å². The first-order chi connectivity index (χ1) is 7.38. The molecule has 15 heavy (non-hydrogen) atoms. The van der Waals surface area contributed by atoms with E-state index in [-0.39, 0.29) is 0 Å². The molecule has 0 heterocycles. The van der Waals surface area contributed by atoms with Gasteiger partial charge in [-0.05, 0) is 30.0 Å². The Bertz CT molecular complexity index is 345. The highest BCUT2D eigenvalue weighted by atomic mass is 16.5. The SMILES string of the molecule is CCc1ccccc1OCCCN=[N+]=[N-]. The number of nitrogens with zero attached hydrogens (tertiary/aromatic N) is 3. The monoisotopic (exact) mass is 205 g/mol. The molecule has 4 nitrogen and oxygen atoms in total. The molecule has 0 atom stereocenters. The van der Waals surface area contributed by atoms with E-state index in [2.05, 4.69) is 23.0 Å². The molecule has 0 unspecified atom stereocenters. The summed E-state index contributed by atoms with van der Waals surface area (Å²) in [7, 11) is 0. The van der Waals surface area contributed by atoms with Crippen molar-refractivity contribution >= 4 is 0 Å². The van der Waals surface area contributed by atoms with E-state index >= 15 is 0 Å². The van der Waals surface area contributed by atoms with Crippen LogP contribution in [0.5, 0.6) is 5.75 Å². The van der Waals surface area contributed by atoms with Crippen LogP contribution >= 0.6 is 0 Å². The number of rotatable bonds is 6. The lowest BCUT2D eigenvalue weighted by Crippen LogP contribution is -2.00. The second-order valence-electron chi connectivity index (χ2n) is 3.12. The lowest BCUT2D eigenvalue weighted by Gasteiger charge is -2.08. The molecule has 1 aromatic rings. The second-order valence-corrected chi connectivity index (χ2v) is 3.12. The van der Waals surface area contributed by atoms with Crippen molar-refractivity contribution in [1.29, 1.82) is 0 Å². The Morgan fingerprint density at radius 2 is 2.20 bits per heavy atom. The summed E-state index contributed by atoms with van der Waals surface area (Å²) in [4.78, 5) is 2.68. The number of hydrogen-bond donors (Lipinski definition) is 0. The van der Waals surface area contributed by atoms with Crippen LogP contribution in [-0.2, 0) is 6.42 Å². The van der Waals surface area contributed by atoms with Gasteiger partial charge in [-0.1, -0.05) is 30.2 Å². The van der Waals surface area contributed by atoms with Gasteiger partial charge in [0, 0.05) is 11.5 Å². The molecule has 80 valence electrons. The minimum atomic E-state index is 0.491. The minimum Gasteiger partial charge on any atom is -0.493 e. The molecule has 0 N–H and O–H groups in total. The van der Waals surface area contributed by atoms with Crippen molar-refractivity contribution in [3.05, 3.63) is 40.3 Å². The molecule has 0 aliphatic carbocycles. The molecule has 0 spiro atoms. The van der Waals surface area contributed by atoms with Gasteiger partial charge in [0.25, 0.3) is 0 Å². The first kappa shape index (κ1) is 11.4. The Balaban J connectivity index is 2.39. The number of para-hydroxylation sites is 1. The summed E-state index contributed by atoms with van der Waals surface area (Å²) in [5, 5.41) is 3.45. The maximum absolute atomic E-state index is 8.08. The quantitative estimate of drug-likeness (QED) is 0.304. The minimum absolute atomic E-state index is 0.491. The number of aryl methyl sites for hydroxylation is 1. The Hall–Kier alpha value is -1.67. The van der Waals surface area contributed by atoms with Crippen LogP contribution in [-0.4, -0.2) is 13.2 Å². The van der Waals surface area contributed by atoms with E-state index < -0.39 is 0 Å². The molecule has 0 fully saturated rings. The van der Waals surface area contributed by atoms with Gasteiger partial charge in [-0.2, -0.15) is 0 Å². The fourth-order valence-electron chi connectivity index (χ4n) is 1.30. The number of hydrogen-bond acceptors (Lipinski definition) is 2. The third-order valence-electron chi connectivity index (χ3n) is 2.08. The van der Waals surface area contributed by atoms with Crippen LogP contribution in [0.15, 0.2) is 29.4 Å². The highest BCUT2D eigenvalue weighted by Crippen LogP contribution is 2.18. The van der Waals surface area contributed by atoms with Gasteiger partial charge in [-0.25, -0.2) is 0 Å². The fourth-order valence-corrected chi connectivity index (χ4v) is 1.30. The van der Waals surface area contributed by atoms with Crippen LogP contribution < -0.4 is 4.74 Å². The smallest absolute Gasteiger partial charge is 0.122 e. The standard InChI is InChI=1S/C11H15N3O/c1-2-10-6-3-4-7-11(10)15-9-5-8-13-14-12/h3-4,6-7H,2,5,8-9H2,1H3. The average molecular weight is 205 g/mol. The second kappa shape index (κ2) is 6.74. The van der Waals surface area contributed by atoms with Crippen molar-refractivity contribution in [3.8, 4) is 5.75 Å². The Morgan fingerprint density at radius 3 is 2.93 bits per heavy atom. The topological polar surface area (TPSA) is 58.0 Å². The van der Waals surface area contributed by atoms with Crippen molar-refractivity contribution < 1.29 is 4.74 Å². The summed E-state index contributed by atoms with van der Waals surface area (Å²) < 4.78 is 5.59. The molecule has 0 saturated carbocycles. The zero-order valence-electron chi connectivity index (χ0n) is 8.89. The summed E-state index contributed by atoms with van der Waals surface area (Å²) in [5.41, 5.74) is 9.29. The van der Waals surface area contributed by atoms with Crippen molar-refractivity contribution in [2.24, 2.45) is 5.11 Å². The highest BCUT2D eigenvalue weighted by molar-refractivity contribution is 5.33. The van der Waals surface area contributed by atoms with Gasteiger partial charge in [-0.3, -0.25) is 0 Å². The largest absolute Gasteiger partial charge is 0.493 e. The molecule has 1 aromatic carbocycles. The fraction of sp³-hybridized carbons (Fsp3) is 0.455. The van der Waals surface area contributed by atoms with E-state index in [1.165, 1.54) is 5.56 Å². The summed E-state index contributed by atoms with van der Waals surface area (Å²) in [5.74, 6) is 0.931. The van der Waals surface area contributed by atoms with E-state index in [0.717, 1.165) is 18.6 Å². The number of azide groups is 1. The van der Waals surface area contributed by atoms with Crippen LogP contribution in [0.4, 0.5) is 0 Å². The third-order valence-corrected chi connectivity index (χ3v) is 2.08. The van der Waals surface area contributed by atoms with Crippen molar-refractivity contribution in [1.82, 2.24) is 0 Å². The molecule has 0 radical (unpaired) electrons. The summed E-state index contributed by atoms with van der Waals surface area (Å²) in [6, 6.07) is 7.99. The highest BCUT2D eigenvalue weighted by Gasteiger charge is 1.99. The predicted molar refractivity (Wildman–Crippen MR) is 59.9 cm³/mol. The molecular formula is C11H15N3O. The molecule has 0 bridgehead atoms. The van der Waals surface area contributed by atoms with Gasteiger partial charge in [-0.15, -0.1) is 0 Å². The molecule has 0 saturated heterocycles. The van der Waals surface area contributed by atoms with Gasteiger partial charge >= 0.3 is 0 Å². The van der Waals surface area contributed by atoms with Crippen LogP contribution in [0.1, 0.15) is 18.9 Å². The van der Waals surface area contributed by atoms with Crippen LogP contribution in [0, 0.1) is 0 Å². The zero-order valence-corrected chi connectivity index (χ0v) is 8.89. The maximum atomic E-state index is 8.08. The lowest BCUT2D eigenvalue weighted by molar-refractivity contribution is 0.310. The van der Waals surface area contributed by atoms with Gasteiger partial charge < -0.3 is 4.74 Å². The normalized spacial score (nSPS) is 9.40. The van der Waals surface area contributed by atoms with E-state index in [4.69, 9.17) is 10.3 Å². The van der Waals surface area contributed by atoms with Gasteiger partial charge in [0.15, 0.2) is 0 Å². The molecular weight excluding hydrogens is 190 g/mol. The molecule has 0 aliphatic heterocycles. The maximum Gasteiger partial charge on any atom is 0.122 e. The Morgan fingerprint density at radius 1 is 1.40 bits per heavy atom. The van der Waals surface area contributed by atoms with Gasteiger partial charge in [0.05, 0.1) is 6.61 Å². The molecule has 1 rings (SSSR count). The van der Waals surface area contributed by atoms with Gasteiger partial charge in [0.2, 0.25) is 0 Å². The van der Waals surface area contributed by atoms with Crippen LogP contribution in [0.25, 0.3) is 10.4 Å². The molecule has 4 heteroatoms. The summed E-state index contributed by atoms with van der Waals surface area (Å²) in [6.07, 6.45) is 1.72. The molecule has 0 aromatic heterocycles. The zero-order chi connectivity index (χ0) is 10.9. The molecule has 0 amide bonds. The first-order valence-corrected chi connectivity index (χ1v) is 5.10. The molecule has 0 aliphatic rings. The summed E-state index contributed by atoms with van der Waals surface area (Å²) in [6.45, 7) is 3.18. The average Bonchev–Trinajstić information content (AvgIpc) is 2.29.